The van der Waals surface area contributed by atoms with Gasteiger partial charge in [0.25, 0.3) is 0 Å². The molecule has 0 heterocycles. The number of benzene rings is 1. The Labute approximate surface area is 101 Å². The Hall–Kier alpha value is -1.35. The molecule has 0 aromatic heterocycles. The Balaban J connectivity index is 2.33. The van der Waals surface area contributed by atoms with Crippen LogP contribution < -0.4 is 0 Å². The second kappa shape index (κ2) is 3.84. The van der Waals surface area contributed by atoms with E-state index in [0.717, 1.165) is 11.1 Å². The Morgan fingerprint density at radius 2 is 1.76 bits per heavy atom. The lowest BCUT2D eigenvalue weighted by molar-refractivity contribution is -0.167. The van der Waals surface area contributed by atoms with Crippen LogP contribution in [0.25, 0.3) is 0 Å². The highest BCUT2D eigenvalue weighted by atomic mass is 16.5. The fourth-order valence-corrected chi connectivity index (χ4v) is 2.48. The highest BCUT2D eigenvalue weighted by molar-refractivity contribution is 5.78. The molecule has 3 nitrogen and oxygen atoms in total. The maximum Gasteiger partial charge on any atom is 0.314 e. The number of fused-ring (bicyclic) bond motifs is 1. The highest BCUT2D eigenvalue weighted by Gasteiger charge is 2.52. The molecule has 92 valence electrons. The zero-order chi connectivity index (χ0) is 12.7. The summed E-state index contributed by atoms with van der Waals surface area (Å²) in [6.07, 6.45) is 1.01. The lowest BCUT2D eigenvalue weighted by Crippen LogP contribution is -2.50. The molecular formula is C14H18O3. The standard InChI is InChI=1S/C14H18O3/c1-13(2,12(15)17-3)14(16)8-10-6-4-5-7-11(10)9-14/h4-7,16H,8-9H2,1-3H3. The second-order valence-electron chi connectivity index (χ2n) is 5.27. The monoisotopic (exact) mass is 234 g/mol. The second-order valence-corrected chi connectivity index (χ2v) is 5.27. The molecule has 1 aliphatic rings. The van der Waals surface area contributed by atoms with Gasteiger partial charge in [-0.05, 0) is 25.0 Å². The largest absolute Gasteiger partial charge is 0.469 e. The molecule has 1 aromatic carbocycles. The first-order chi connectivity index (χ1) is 7.90. The fourth-order valence-electron chi connectivity index (χ4n) is 2.48. The van der Waals surface area contributed by atoms with Crippen molar-refractivity contribution in [2.24, 2.45) is 5.41 Å². The summed E-state index contributed by atoms with van der Waals surface area (Å²) in [7, 11) is 1.36. The van der Waals surface area contributed by atoms with Crippen molar-refractivity contribution in [2.75, 3.05) is 7.11 Å². The SMILES string of the molecule is COC(=O)C(C)(C)C1(O)Cc2ccccc2C1. The molecule has 3 heteroatoms. The van der Waals surface area contributed by atoms with Gasteiger partial charge in [0.1, 0.15) is 0 Å². The number of carbonyl (C=O) groups is 1. The lowest BCUT2D eigenvalue weighted by Gasteiger charge is -2.37. The molecule has 17 heavy (non-hydrogen) atoms. The van der Waals surface area contributed by atoms with Crippen LogP contribution in [0.3, 0.4) is 0 Å². The number of hydrogen-bond acceptors (Lipinski definition) is 3. The molecule has 1 aromatic rings. The Bertz CT molecular complexity index is 424. The van der Waals surface area contributed by atoms with E-state index in [1.165, 1.54) is 7.11 Å². The molecule has 1 aliphatic carbocycles. The van der Waals surface area contributed by atoms with Crippen molar-refractivity contribution in [3.63, 3.8) is 0 Å². The van der Waals surface area contributed by atoms with E-state index < -0.39 is 11.0 Å². The van der Waals surface area contributed by atoms with E-state index in [1.54, 1.807) is 13.8 Å². The maximum absolute atomic E-state index is 11.8. The van der Waals surface area contributed by atoms with Crippen LogP contribution in [0.5, 0.6) is 0 Å². The Morgan fingerprint density at radius 1 is 1.29 bits per heavy atom. The average molecular weight is 234 g/mol. The highest BCUT2D eigenvalue weighted by Crippen LogP contribution is 2.42. The minimum Gasteiger partial charge on any atom is -0.469 e. The van der Waals surface area contributed by atoms with E-state index in [4.69, 9.17) is 4.74 Å². The smallest absolute Gasteiger partial charge is 0.314 e. The molecule has 0 saturated carbocycles. The van der Waals surface area contributed by atoms with Gasteiger partial charge >= 0.3 is 5.97 Å². The lowest BCUT2D eigenvalue weighted by atomic mass is 9.73. The van der Waals surface area contributed by atoms with Gasteiger partial charge in [0.2, 0.25) is 0 Å². The van der Waals surface area contributed by atoms with Crippen LogP contribution in [0.2, 0.25) is 0 Å². The minimum absolute atomic E-state index is 0.368. The van der Waals surface area contributed by atoms with Gasteiger partial charge in [-0.3, -0.25) is 4.79 Å². The number of ether oxygens (including phenoxy) is 1. The molecule has 0 aliphatic heterocycles. The van der Waals surface area contributed by atoms with Crippen molar-refractivity contribution in [1.82, 2.24) is 0 Å². The molecule has 0 amide bonds. The summed E-state index contributed by atoms with van der Waals surface area (Å²) >= 11 is 0. The zero-order valence-electron chi connectivity index (χ0n) is 10.5. The van der Waals surface area contributed by atoms with Crippen LogP contribution in [0, 0.1) is 5.41 Å². The van der Waals surface area contributed by atoms with Crippen molar-refractivity contribution in [1.29, 1.82) is 0 Å². The minimum atomic E-state index is -1.05. The Morgan fingerprint density at radius 3 is 2.18 bits per heavy atom. The third-order valence-electron chi connectivity index (χ3n) is 3.94. The average Bonchev–Trinajstić information content (AvgIpc) is 2.65. The van der Waals surface area contributed by atoms with Crippen LogP contribution in [-0.4, -0.2) is 23.8 Å². The number of hydrogen-bond donors (Lipinski definition) is 1. The third kappa shape index (κ3) is 1.75. The summed E-state index contributed by atoms with van der Waals surface area (Å²) in [6.45, 7) is 3.48. The summed E-state index contributed by atoms with van der Waals surface area (Å²) in [6, 6.07) is 7.91. The molecule has 0 fully saturated rings. The molecule has 0 saturated heterocycles. The molecule has 2 rings (SSSR count). The van der Waals surface area contributed by atoms with Gasteiger partial charge in [0, 0.05) is 12.8 Å². The quantitative estimate of drug-likeness (QED) is 0.792. The van der Waals surface area contributed by atoms with Crippen LogP contribution in [-0.2, 0) is 22.4 Å². The number of rotatable bonds is 2. The van der Waals surface area contributed by atoms with Crippen LogP contribution in [0.4, 0.5) is 0 Å². The number of carbonyl (C=O) groups excluding carboxylic acids is 1. The molecule has 0 atom stereocenters. The van der Waals surface area contributed by atoms with Gasteiger partial charge in [-0.1, -0.05) is 24.3 Å². The van der Waals surface area contributed by atoms with Gasteiger partial charge in [-0.25, -0.2) is 0 Å². The summed E-state index contributed by atoms with van der Waals surface area (Å²) in [5, 5.41) is 10.7. The van der Waals surface area contributed by atoms with Gasteiger partial charge in [0.05, 0.1) is 18.1 Å². The van der Waals surface area contributed by atoms with E-state index in [-0.39, 0.29) is 5.97 Å². The topological polar surface area (TPSA) is 46.5 Å². The molecule has 0 radical (unpaired) electrons. The number of aliphatic hydroxyl groups is 1. The third-order valence-corrected chi connectivity index (χ3v) is 3.94. The maximum atomic E-state index is 11.8. The summed E-state index contributed by atoms with van der Waals surface area (Å²) in [5.41, 5.74) is 0.281. The normalized spacial score (nSPS) is 17.6. The number of esters is 1. The zero-order valence-corrected chi connectivity index (χ0v) is 10.5. The van der Waals surface area contributed by atoms with Gasteiger partial charge in [-0.15, -0.1) is 0 Å². The van der Waals surface area contributed by atoms with Gasteiger partial charge in [-0.2, -0.15) is 0 Å². The van der Waals surface area contributed by atoms with E-state index in [9.17, 15) is 9.90 Å². The van der Waals surface area contributed by atoms with E-state index in [1.807, 2.05) is 24.3 Å². The summed E-state index contributed by atoms with van der Waals surface area (Å²) in [4.78, 5) is 11.8. The predicted octanol–water partition coefficient (Wildman–Crippen LogP) is 1.72. The first kappa shape index (κ1) is 12.1. The molecular weight excluding hydrogens is 216 g/mol. The molecule has 0 spiro atoms. The first-order valence-electron chi connectivity index (χ1n) is 5.78. The van der Waals surface area contributed by atoms with Crippen molar-refractivity contribution >= 4 is 5.97 Å². The fraction of sp³-hybridized carbons (Fsp3) is 0.500. The van der Waals surface area contributed by atoms with Crippen LogP contribution in [0.15, 0.2) is 24.3 Å². The van der Waals surface area contributed by atoms with Gasteiger partial charge < -0.3 is 9.84 Å². The molecule has 1 N–H and O–H groups in total. The Kier molecular flexibility index (Phi) is 2.74. The molecule has 0 bridgehead atoms. The van der Waals surface area contributed by atoms with Crippen LogP contribution in [0.1, 0.15) is 25.0 Å². The summed E-state index contributed by atoms with van der Waals surface area (Å²) in [5.74, 6) is -0.368. The van der Waals surface area contributed by atoms with Crippen molar-refractivity contribution in [2.45, 2.75) is 32.3 Å². The van der Waals surface area contributed by atoms with E-state index in [0.29, 0.717) is 12.8 Å². The first-order valence-corrected chi connectivity index (χ1v) is 5.78. The van der Waals surface area contributed by atoms with Gasteiger partial charge in [0.15, 0.2) is 0 Å². The van der Waals surface area contributed by atoms with Crippen molar-refractivity contribution < 1.29 is 14.6 Å². The van der Waals surface area contributed by atoms with E-state index >= 15 is 0 Å². The van der Waals surface area contributed by atoms with Crippen molar-refractivity contribution in [3.8, 4) is 0 Å². The van der Waals surface area contributed by atoms with E-state index in [2.05, 4.69) is 0 Å². The summed E-state index contributed by atoms with van der Waals surface area (Å²) < 4.78 is 4.79. The van der Waals surface area contributed by atoms with Crippen LogP contribution >= 0.6 is 0 Å². The van der Waals surface area contributed by atoms with Crippen molar-refractivity contribution in [3.05, 3.63) is 35.4 Å². The predicted molar refractivity (Wildman–Crippen MR) is 64.6 cm³/mol. The molecule has 0 unspecified atom stereocenters. The number of methoxy groups -OCH3 is 1.